The van der Waals surface area contributed by atoms with E-state index in [4.69, 9.17) is 5.73 Å². The minimum atomic E-state index is 0. The van der Waals surface area contributed by atoms with E-state index in [0.29, 0.717) is 12.1 Å². The topological polar surface area (TPSA) is 29.3 Å². The zero-order chi connectivity index (χ0) is 31.7. The molecule has 0 amide bonds. The van der Waals surface area contributed by atoms with E-state index in [9.17, 15) is 0 Å². The Kier molecular flexibility index (Phi) is 29.9. The van der Waals surface area contributed by atoms with E-state index in [1.807, 2.05) is 0 Å². The maximum Gasteiger partial charge on any atom is 2.00 e. The predicted molar refractivity (Wildman–Crippen MR) is 226 cm³/mol. The van der Waals surface area contributed by atoms with E-state index in [0.717, 1.165) is 0 Å². The van der Waals surface area contributed by atoms with Crippen molar-refractivity contribution in [1.82, 2.24) is 0 Å². The Morgan fingerprint density at radius 1 is 0.346 bits per heavy atom. The molecule has 4 saturated carbocycles. The van der Waals surface area contributed by atoms with Crippen LogP contribution in [0.2, 0.25) is 0 Å². The van der Waals surface area contributed by atoms with Crippen LogP contribution in [0.5, 0.6) is 0 Å². The molecule has 288 valence electrons. The predicted octanol–water partition coefficient (Wildman–Crippen LogP) is 14.7. The van der Waals surface area contributed by atoms with Gasteiger partial charge in [-0.25, -0.2) is 0 Å². The number of rotatable bonds is 5. The molecular weight excluding hydrogens is 716 g/mol. The number of nitrogens with zero attached hydrogens (tertiary/aromatic N) is 1. The molecule has 0 aromatic heterocycles. The van der Waals surface area contributed by atoms with E-state index < -0.39 is 0 Å². The van der Waals surface area contributed by atoms with Gasteiger partial charge >= 0.3 is 34.1 Å². The molecule has 4 aliphatic carbocycles. The van der Waals surface area contributed by atoms with Gasteiger partial charge < -0.3 is 40.3 Å². The molecule has 52 heavy (non-hydrogen) atoms. The van der Waals surface area contributed by atoms with Crippen LogP contribution in [-0.4, -0.2) is 12.1 Å². The first-order chi connectivity index (χ1) is 22.8. The van der Waals surface area contributed by atoms with Crippen LogP contribution >= 0.6 is 0 Å². The van der Waals surface area contributed by atoms with Crippen LogP contribution in [0.4, 0.5) is 11.4 Å². The second-order valence-corrected chi connectivity index (χ2v) is 13.7. The van der Waals surface area contributed by atoms with Gasteiger partial charge in [0.05, 0.1) is 0 Å². The number of anilines is 2. The molecular formula is C48H70Fe2N2. The Morgan fingerprint density at radius 3 is 0.885 bits per heavy atom. The van der Waals surface area contributed by atoms with Crippen molar-refractivity contribution in [3.8, 4) is 22.3 Å². The summed E-state index contributed by atoms with van der Waals surface area (Å²) in [5.41, 5.74) is 13.2. The molecule has 0 saturated heterocycles. The molecule has 0 aliphatic heterocycles. The summed E-state index contributed by atoms with van der Waals surface area (Å²) < 4.78 is 0. The number of hydrogen-bond acceptors (Lipinski definition) is 2. The summed E-state index contributed by atoms with van der Waals surface area (Å²) in [5.74, 6) is 0. The fourth-order valence-corrected chi connectivity index (χ4v) is 7.35. The van der Waals surface area contributed by atoms with E-state index in [1.165, 1.54) is 149 Å². The van der Waals surface area contributed by atoms with Gasteiger partial charge in [-0.15, -0.1) is 0 Å². The van der Waals surface area contributed by atoms with E-state index in [2.05, 4.69) is 114 Å². The van der Waals surface area contributed by atoms with Gasteiger partial charge in [-0.2, -0.15) is 0 Å². The van der Waals surface area contributed by atoms with E-state index in [1.54, 1.807) is 0 Å². The van der Waals surface area contributed by atoms with Gasteiger partial charge in [-0.1, -0.05) is 175 Å². The summed E-state index contributed by atoms with van der Waals surface area (Å²) in [5, 5.41) is 0. The molecule has 0 heterocycles. The van der Waals surface area contributed by atoms with E-state index in [-0.39, 0.29) is 63.8 Å². The van der Waals surface area contributed by atoms with Crippen molar-refractivity contribution in [2.45, 2.75) is 128 Å². The maximum absolute atomic E-state index is 5.53. The smallest absolute Gasteiger partial charge is 0.358 e. The molecule has 2 nitrogen and oxygen atoms in total. The average molecular weight is 787 g/mol. The van der Waals surface area contributed by atoms with Crippen LogP contribution in [0.3, 0.4) is 0 Å². The first-order valence-corrected chi connectivity index (χ1v) is 18.6. The molecule has 4 aromatic rings. The van der Waals surface area contributed by atoms with E-state index >= 15 is 0 Å². The molecule has 4 fully saturated rings. The third-order valence-electron chi connectivity index (χ3n) is 10.1. The Hall–Kier alpha value is -2.32. The van der Waals surface area contributed by atoms with Gasteiger partial charge in [0.2, 0.25) is 0 Å². The quantitative estimate of drug-likeness (QED) is 0.161. The summed E-state index contributed by atoms with van der Waals surface area (Å²) in [6.07, 6.45) is 25.4. The summed E-state index contributed by atoms with van der Waals surface area (Å²) in [7, 11) is 0. The molecule has 8 rings (SSSR count). The van der Waals surface area contributed by atoms with Gasteiger partial charge in [-0.05, 0) is 72.2 Å². The standard InChI is InChI=1S/C29H27N.C5H11N.2C5H10.4CH3.2Fe/c1-3-9-23(10-4-1)25-15-19-28(20-16-25)30(27-13-7-8-14-27)29-21-17-26(18-22-29)24-11-5-2-6-12-24;6-5-3-1-2-4-5;2*1-2-4-5-3-1;;;;;;/h1-6,9-12,15-22,27H,7-8,13-14H2;5H,1-4,6H2;2*1-5H2;4*1H3;;/q;;;;4*-1;2*+2. The second kappa shape index (κ2) is 30.1. The minimum Gasteiger partial charge on any atom is -0.358 e. The fourth-order valence-electron chi connectivity index (χ4n) is 7.35. The molecule has 4 aromatic carbocycles. The normalized spacial score (nSPS) is 15.6. The van der Waals surface area contributed by atoms with Gasteiger partial charge in [0.1, 0.15) is 0 Å². The van der Waals surface area contributed by atoms with Gasteiger partial charge in [0, 0.05) is 23.5 Å². The maximum atomic E-state index is 5.53. The van der Waals surface area contributed by atoms with Crippen molar-refractivity contribution in [1.29, 1.82) is 0 Å². The largest absolute Gasteiger partial charge is 2.00 e. The van der Waals surface area contributed by atoms with Gasteiger partial charge in [0.15, 0.2) is 0 Å². The van der Waals surface area contributed by atoms with Crippen molar-refractivity contribution < 1.29 is 34.1 Å². The summed E-state index contributed by atoms with van der Waals surface area (Å²) in [6, 6.07) is 40.5. The van der Waals surface area contributed by atoms with Crippen LogP contribution in [0, 0.1) is 29.7 Å². The van der Waals surface area contributed by atoms with Gasteiger partial charge in [-0.3, -0.25) is 0 Å². The first-order valence-electron chi connectivity index (χ1n) is 18.6. The van der Waals surface area contributed by atoms with Gasteiger partial charge in [0.25, 0.3) is 0 Å². The van der Waals surface area contributed by atoms with Crippen molar-refractivity contribution in [2.75, 3.05) is 4.90 Å². The van der Waals surface area contributed by atoms with Crippen molar-refractivity contribution in [3.05, 3.63) is 139 Å². The molecule has 0 spiro atoms. The number of nitrogens with two attached hydrogens (primary N) is 1. The average Bonchev–Trinajstić information content (AvgIpc) is 3.97. The second-order valence-electron chi connectivity index (χ2n) is 13.7. The number of benzene rings is 4. The Bertz CT molecular complexity index is 1230. The fraction of sp³-hybridized carbons (Fsp3) is 0.417. The number of hydrogen-bond donors (Lipinski definition) is 1. The molecule has 4 heteroatoms. The van der Waals surface area contributed by atoms with Crippen LogP contribution in [0.1, 0.15) is 116 Å². The summed E-state index contributed by atoms with van der Waals surface area (Å²) in [6.45, 7) is 0. The van der Waals surface area contributed by atoms with Crippen molar-refractivity contribution >= 4 is 11.4 Å². The van der Waals surface area contributed by atoms with Crippen molar-refractivity contribution in [3.63, 3.8) is 0 Å². The van der Waals surface area contributed by atoms with Crippen LogP contribution in [0.25, 0.3) is 22.3 Å². The third kappa shape index (κ3) is 17.2. The molecule has 4 aliphatic rings. The van der Waals surface area contributed by atoms with Crippen LogP contribution in [-0.2, 0) is 34.1 Å². The molecule has 2 N–H and O–H groups in total. The zero-order valence-electron chi connectivity index (χ0n) is 33.0. The summed E-state index contributed by atoms with van der Waals surface area (Å²) >= 11 is 0. The minimum absolute atomic E-state index is 0. The SMILES string of the molecule is C1CCCC1.C1CCCC1.NC1CCCC1.[CH3-].[CH3-].[CH3-].[CH3-].[Fe+2].[Fe+2].c1ccc(-c2ccc(N(c3ccc(-c4ccccc4)cc3)C3CCCC3)cc2)cc1. The van der Waals surface area contributed by atoms with Crippen LogP contribution < -0.4 is 10.6 Å². The molecule has 0 bridgehead atoms. The monoisotopic (exact) mass is 786 g/mol. The Labute approximate surface area is 343 Å². The Morgan fingerprint density at radius 2 is 0.615 bits per heavy atom. The third-order valence-corrected chi connectivity index (χ3v) is 10.1. The Balaban J connectivity index is 0. The molecule has 0 atom stereocenters. The summed E-state index contributed by atoms with van der Waals surface area (Å²) in [4.78, 5) is 2.55. The zero-order valence-corrected chi connectivity index (χ0v) is 35.2. The first kappa shape index (κ1) is 51.8. The van der Waals surface area contributed by atoms with Crippen LogP contribution in [0.15, 0.2) is 109 Å². The molecule has 0 unspecified atom stereocenters. The molecule has 0 radical (unpaired) electrons. The van der Waals surface area contributed by atoms with Crippen molar-refractivity contribution in [2.24, 2.45) is 5.73 Å².